The number of hydrogen-bond donors (Lipinski definition) is 1. The number of fused-ring (bicyclic) bond motifs is 3. The van der Waals surface area contributed by atoms with Gasteiger partial charge in [-0.2, -0.15) is 0 Å². The first-order valence-electron chi connectivity index (χ1n) is 11.7. The van der Waals surface area contributed by atoms with E-state index in [4.69, 9.17) is 15.2 Å². The highest BCUT2D eigenvalue weighted by molar-refractivity contribution is 5.80. The van der Waals surface area contributed by atoms with Gasteiger partial charge < -0.3 is 19.8 Å². The van der Waals surface area contributed by atoms with Crippen molar-refractivity contribution in [3.05, 3.63) is 60.2 Å². The van der Waals surface area contributed by atoms with Crippen LogP contribution in [0.2, 0.25) is 0 Å². The molecule has 1 saturated heterocycles. The summed E-state index contributed by atoms with van der Waals surface area (Å²) in [7, 11) is 0. The second-order valence-corrected chi connectivity index (χ2v) is 9.85. The quantitative estimate of drug-likeness (QED) is 0.497. The van der Waals surface area contributed by atoms with Gasteiger partial charge >= 0.3 is 0 Å². The topological polar surface area (TPSA) is 88.1 Å². The SMILES string of the molecule is Cc1ncnc2c1ccn2[C@@H]1C[C@H](CCc2ccc3ccc(N)nc3c2)[C@H]2OC(C)(C)O[C@H]21. The zero-order valence-corrected chi connectivity index (χ0v) is 19.2. The molecule has 2 N–H and O–H groups in total. The van der Waals surface area contributed by atoms with Gasteiger partial charge in [0.2, 0.25) is 0 Å². The number of nitrogens with two attached hydrogens (primary N) is 1. The fraction of sp³-hybridized carbons (Fsp3) is 0.423. The number of ether oxygens (including phenoxy) is 2. The molecule has 1 aromatic carbocycles. The molecule has 33 heavy (non-hydrogen) atoms. The standard InChI is InChI=1S/C26H29N5O2/c1-15-19-10-11-31(25(19)29-14-28-15)21-13-18(23-24(21)33-26(2,3)32-23)7-5-16-4-6-17-8-9-22(27)30-20(17)12-16/h4,6,8-12,14,18,21,23-24H,5,7,13H2,1-3H3,(H2,27,30)/t18-,21+,23+,24-/m0/s1. The largest absolute Gasteiger partial charge is 0.384 e. The minimum atomic E-state index is -0.579. The number of rotatable bonds is 4. The number of aromatic nitrogens is 4. The lowest BCUT2D eigenvalue weighted by Crippen LogP contribution is -2.27. The number of anilines is 1. The Kier molecular flexibility index (Phi) is 4.67. The second-order valence-electron chi connectivity index (χ2n) is 9.85. The Balaban J connectivity index is 1.27. The lowest BCUT2D eigenvalue weighted by molar-refractivity contribution is -0.160. The minimum absolute atomic E-state index is 0.00828. The van der Waals surface area contributed by atoms with Crippen molar-refractivity contribution in [3.8, 4) is 0 Å². The molecule has 6 rings (SSSR count). The maximum Gasteiger partial charge on any atom is 0.163 e. The predicted octanol–water partition coefficient (Wildman–Crippen LogP) is 4.58. The van der Waals surface area contributed by atoms with E-state index in [2.05, 4.69) is 50.0 Å². The van der Waals surface area contributed by atoms with E-state index in [-0.39, 0.29) is 18.2 Å². The van der Waals surface area contributed by atoms with Crippen LogP contribution in [0.3, 0.4) is 0 Å². The van der Waals surface area contributed by atoms with Crippen LogP contribution in [0, 0.1) is 12.8 Å². The van der Waals surface area contributed by atoms with E-state index in [9.17, 15) is 0 Å². The van der Waals surface area contributed by atoms with Crippen LogP contribution in [-0.4, -0.2) is 37.5 Å². The molecule has 170 valence electrons. The highest BCUT2D eigenvalue weighted by Gasteiger charge is 2.54. The third-order valence-electron chi connectivity index (χ3n) is 7.20. The molecule has 2 fully saturated rings. The van der Waals surface area contributed by atoms with Gasteiger partial charge in [0.25, 0.3) is 0 Å². The maximum absolute atomic E-state index is 6.43. The van der Waals surface area contributed by atoms with Gasteiger partial charge in [-0.3, -0.25) is 0 Å². The molecule has 1 aliphatic heterocycles. The van der Waals surface area contributed by atoms with Gasteiger partial charge in [0.05, 0.1) is 23.4 Å². The predicted molar refractivity (Wildman–Crippen MR) is 128 cm³/mol. The number of nitrogen functional groups attached to an aromatic ring is 1. The van der Waals surface area contributed by atoms with Crippen molar-refractivity contribution in [1.82, 2.24) is 19.5 Å². The third kappa shape index (κ3) is 3.56. The first-order chi connectivity index (χ1) is 15.9. The lowest BCUT2D eigenvalue weighted by Gasteiger charge is -2.24. The Bertz CT molecular complexity index is 1350. The number of benzene rings is 1. The molecule has 3 aromatic heterocycles. The number of nitrogens with zero attached hydrogens (tertiary/aromatic N) is 4. The summed E-state index contributed by atoms with van der Waals surface area (Å²) in [5, 5.41) is 2.21. The summed E-state index contributed by atoms with van der Waals surface area (Å²) in [6, 6.07) is 12.6. The van der Waals surface area contributed by atoms with Crippen LogP contribution in [0.4, 0.5) is 5.82 Å². The summed E-state index contributed by atoms with van der Waals surface area (Å²) < 4.78 is 15.1. The van der Waals surface area contributed by atoms with E-state index in [1.165, 1.54) is 5.56 Å². The van der Waals surface area contributed by atoms with Gasteiger partial charge in [-0.25, -0.2) is 15.0 Å². The fourth-order valence-electron chi connectivity index (χ4n) is 5.66. The summed E-state index contributed by atoms with van der Waals surface area (Å²) in [6.45, 7) is 6.05. The monoisotopic (exact) mass is 443 g/mol. The van der Waals surface area contributed by atoms with Gasteiger partial charge in [0.1, 0.15) is 23.9 Å². The first-order valence-corrected chi connectivity index (χ1v) is 11.7. The smallest absolute Gasteiger partial charge is 0.163 e. The second kappa shape index (κ2) is 7.50. The fourth-order valence-corrected chi connectivity index (χ4v) is 5.66. The van der Waals surface area contributed by atoms with Crippen LogP contribution >= 0.6 is 0 Å². The Morgan fingerprint density at radius 1 is 1.09 bits per heavy atom. The average Bonchev–Trinajstić information content (AvgIpc) is 3.43. The molecule has 0 amide bonds. The van der Waals surface area contributed by atoms with Gasteiger partial charge in [0, 0.05) is 17.0 Å². The lowest BCUT2D eigenvalue weighted by atomic mass is 9.95. The summed E-state index contributed by atoms with van der Waals surface area (Å²) >= 11 is 0. The van der Waals surface area contributed by atoms with E-state index in [1.807, 2.05) is 32.9 Å². The molecule has 1 saturated carbocycles. The molecule has 0 bridgehead atoms. The molecular formula is C26H29N5O2. The Morgan fingerprint density at radius 3 is 2.79 bits per heavy atom. The zero-order chi connectivity index (χ0) is 22.7. The van der Waals surface area contributed by atoms with Crippen LogP contribution in [0.5, 0.6) is 0 Å². The zero-order valence-electron chi connectivity index (χ0n) is 19.2. The minimum Gasteiger partial charge on any atom is -0.384 e. The number of pyridine rings is 1. The van der Waals surface area contributed by atoms with Crippen molar-refractivity contribution >= 4 is 27.8 Å². The molecule has 0 unspecified atom stereocenters. The Morgan fingerprint density at radius 2 is 1.91 bits per heavy atom. The van der Waals surface area contributed by atoms with Crippen molar-refractivity contribution in [2.45, 2.75) is 64.1 Å². The molecule has 0 radical (unpaired) electrons. The molecule has 4 aromatic rings. The summed E-state index contributed by atoms with van der Waals surface area (Å²) in [5.41, 5.74) is 10.1. The van der Waals surface area contributed by atoms with E-state index in [0.29, 0.717) is 11.7 Å². The molecule has 7 nitrogen and oxygen atoms in total. The third-order valence-corrected chi connectivity index (χ3v) is 7.20. The van der Waals surface area contributed by atoms with Crippen molar-refractivity contribution in [2.24, 2.45) is 5.92 Å². The highest BCUT2D eigenvalue weighted by Crippen LogP contribution is 2.49. The van der Waals surface area contributed by atoms with Crippen LogP contribution in [-0.2, 0) is 15.9 Å². The number of aryl methyl sites for hydroxylation is 2. The van der Waals surface area contributed by atoms with E-state index in [0.717, 1.165) is 46.9 Å². The van der Waals surface area contributed by atoms with Gasteiger partial charge in [-0.05, 0) is 75.8 Å². The van der Waals surface area contributed by atoms with Crippen molar-refractivity contribution in [3.63, 3.8) is 0 Å². The Hall–Kier alpha value is -3.03. The molecular weight excluding hydrogens is 414 g/mol. The van der Waals surface area contributed by atoms with Gasteiger partial charge in [0.15, 0.2) is 5.79 Å². The summed E-state index contributed by atoms with van der Waals surface area (Å²) in [4.78, 5) is 13.4. The van der Waals surface area contributed by atoms with Gasteiger partial charge in [-0.1, -0.05) is 12.1 Å². The highest BCUT2D eigenvalue weighted by atomic mass is 16.8. The van der Waals surface area contributed by atoms with E-state index >= 15 is 0 Å². The normalized spacial score (nSPS) is 26.3. The molecule has 2 aliphatic rings. The Labute approximate surface area is 192 Å². The average molecular weight is 444 g/mol. The van der Waals surface area contributed by atoms with E-state index in [1.54, 1.807) is 6.33 Å². The molecule has 7 heteroatoms. The van der Waals surface area contributed by atoms with Crippen LogP contribution < -0.4 is 5.73 Å². The summed E-state index contributed by atoms with van der Waals surface area (Å²) in [6.07, 6.45) is 6.84. The van der Waals surface area contributed by atoms with Crippen molar-refractivity contribution in [2.75, 3.05) is 5.73 Å². The van der Waals surface area contributed by atoms with E-state index < -0.39 is 5.79 Å². The van der Waals surface area contributed by atoms with Crippen LogP contribution in [0.25, 0.3) is 21.9 Å². The van der Waals surface area contributed by atoms with Crippen molar-refractivity contribution < 1.29 is 9.47 Å². The molecule has 0 spiro atoms. The van der Waals surface area contributed by atoms with Crippen molar-refractivity contribution in [1.29, 1.82) is 0 Å². The maximum atomic E-state index is 6.43. The van der Waals surface area contributed by atoms with Crippen LogP contribution in [0.15, 0.2) is 48.9 Å². The summed E-state index contributed by atoms with van der Waals surface area (Å²) in [5.74, 6) is 0.370. The number of hydrogen-bond acceptors (Lipinski definition) is 6. The van der Waals surface area contributed by atoms with Gasteiger partial charge in [-0.15, -0.1) is 0 Å². The van der Waals surface area contributed by atoms with Crippen LogP contribution in [0.1, 0.15) is 44.0 Å². The molecule has 1 aliphatic carbocycles. The first kappa shape index (κ1) is 20.6. The molecule has 4 heterocycles. The molecule has 4 atom stereocenters.